The van der Waals surface area contributed by atoms with Crippen LogP contribution in [0.25, 0.3) is 0 Å². The van der Waals surface area contributed by atoms with Crippen LogP contribution in [0.3, 0.4) is 0 Å². The van der Waals surface area contributed by atoms with Crippen molar-refractivity contribution in [3.8, 4) is 5.75 Å². The van der Waals surface area contributed by atoms with Gasteiger partial charge in [0.15, 0.2) is 5.78 Å². The number of aromatic nitrogens is 2. The molecule has 42 heavy (non-hydrogen) atoms. The number of sulfonamides is 1. The number of hydrogen-bond acceptors (Lipinski definition) is 8. The molecule has 1 amide bonds. The molecule has 226 valence electrons. The number of nitrogens with zero attached hydrogens (tertiary/aromatic N) is 4. The van der Waals surface area contributed by atoms with Gasteiger partial charge in [-0.1, -0.05) is 24.3 Å². The molecule has 0 aliphatic heterocycles. The first-order valence-electron chi connectivity index (χ1n) is 13.4. The van der Waals surface area contributed by atoms with Gasteiger partial charge in [-0.05, 0) is 50.3 Å². The zero-order valence-corrected chi connectivity index (χ0v) is 25.6. The number of methoxy groups -OCH3 is 1. The third kappa shape index (κ3) is 7.19. The third-order valence-corrected chi connectivity index (χ3v) is 10.0. The normalized spacial score (nSPS) is 14.3. The summed E-state index contributed by atoms with van der Waals surface area (Å²) in [5, 5.41) is 0.504. The van der Waals surface area contributed by atoms with Gasteiger partial charge in [0.1, 0.15) is 22.2 Å². The predicted octanol–water partition coefficient (Wildman–Crippen LogP) is 4.56. The Morgan fingerprint density at radius 2 is 1.90 bits per heavy atom. The summed E-state index contributed by atoms with van der Waals surface area (Å²) >= 11 is 1.24. The number of Topliss-reactive ketones (excluding diaryl/α,β-unsaturated/α-hetero) is 1. The number of ether oxygens (including phenoxy) is 1. The number of benzene rings is 1. The second-order valence-corrected chi connectivity index (χ2v) is 14.0. The first kappa shape index (κ1) is 31.6. The topological polar surface area (TPSA) is 110 Å². The van der Waals surface area contributed by atoms with Gasteiger partial charge in [0.25, 0.3) is 6.43 Å². The van der Waals surface area contributed by atoms with Crippen molar-refractivity contribution in [3.05, 3.63) is 75.0 Å². The van der Waals surface area contributed by atoms with Crippen LogP contribution in [0, 0.1) is 6.92 Å². The van der Waals surface area contributed by atoms with E-state index in [0.717, 1.165) is 9.87 Å². The van der Waals surface area contributed by atoms with E-state index in [1.165, 1.54) is 37.6 Å². The molecule has 9 nitrogen and oxygen atoms in total. The summed E-state index contributed by atoms with van der Waals surface area (Å²) in [6.45, 7) is 2.14. The Hall–Kier alpha value is -3.29. The summed E-state index contributed by atoms with van der Waals surface area (Å²) in [6.07, 6.45) is 1.27. The molecular formula is C29H34F2N4O5S2. The fourth-order valence-electron chi connectivity index (χ4n) is 4.71. The number of carbonyl (C=O) groups excluding carboxylic acids is 2. The van der Waals surface area contributed by atoms with Crippen molar-refractivity contribution >= 4 is 33.1 Å². The van der Waals surface area contributed by atoms with Gasteiger partial charge in [-0.15, -0.1) is 11.3 Å². The lowest BCUT2D eigenvalue weighted by Crippen LogP contribution is -2.40. The van der Waals surface area contributed by atoms with E-state index >= 15 is 0 Å². The van der Waals surface area contributed by atoms with Crippen LogP contribution in [0.2, 0.25) is 0 Å². The Morgan fingerprint density at radius 1 is 1.17 bits per heavy atom. The third-order valence-electron chi connectivity index (χ3n) is 7.31. The molecule has 0 spiro atoms. The van der Waals surface area contributed by atoms with E-state index in [0.29, 0.717) is 53.6 Å². The molecule has 2 aromatic heterocycles. The Morgan fingerprint density at radius 3 is 2.50 bits per heavy atom. The maximum atomic E-state index is 14.0. The molecule has 0 saturated heterocycles. The second kappa shape index (κ2) is 12.9. The summed E-state index contributed by atoms with van der Waals surface area (Å²) in [6, 6.07) is 9.79. The highest BCUT2D eigenvalue weighted by Crippen LogP contribution is 2.49. The minimum absolute atomic E-state index is 0.0466. The van der Waals surface area contributed by atoms with E-state index in [2.05, 4.69) is 9.97 Å². The maximum Gasteiger partial charge on any atom is 0.263 e. The Kier molecular flexibility index (Phi) is 9.74. The molecule has 0 N–H and O–H groups in total. The minimum atomic E-state index is -3.76. The Labute approximate surface area is 248 Å². The Bertz CT molecular complexity index is 1540. The summed E-state index contributed by atoms with van der Waals surface area (Å²) in [5.41, 5.74) is 0.637. The van der Waals surface area contributed by atoms with E-state index in [4.69, 9.17) is 4.74 Å². The molecule has 1 fully saturated rings. The number of alkyl halides is 2. The molecule has 1 aliphatic carbocycles. The molecule has 3 aromatic rings. The fourth-order valence-corrected chi connectivity index (χ4v) is 6.40. The van der Waals surface area contributed by atoms with Crippen molar-refractivity contribution in [3.63, 3.8) is 0 Å². The number of carbonyl (C=O) groups is 2. The zero-order valence-electron chi connectivity index (χ0n) is 24.0. The molecule has 4 rings (SSSR count). The van der Waals surface area contributed by atoms with Crippen LogP contribution in [-0.4, -0.2) is 72.8 Å². The van der Waals surface area contributed by atoms with Crippen LogP contribution >= 0.6 is 11.3 Å². The van der Waals surface area contributed by atoms with Crippen molar-refractivity contribution in [1.29, 1.82) is 0 Å². The Balaban J connectivity index is 1.56. The van der Waals surface area contributed by atoms with Gasteiger partial charge in [-0.3, -0.25) is 14.6 Å². The molecule has 0 bridgehead atoms. The molecule has 1 saturated carbocycles. The van der Waals surface area contributed by atoms with Crippen LogP contribution < -0.4 is 4.74 Å². The van der Waals surface area contributed by atoms with Gasteiger partial charge in [0, 0.05) is 31.1 Å². The lowest BCUT2D eigenvalue weighted by atomic mass is 9.99. The number of aryl methyl sites for hydroxylation is 2. The van der Waals surface area contributed by atoms with Gasteiger partial charge >= 0.3 is 0 Å². The highest BCUT2D eigenvalue weighted by molar-refractivity contribution is 7.89. The number of rotatable bonds is 14. The van der Waals surface area contributed by atoms with E-state index in [9.17, 15) is 26.8 Å². The first-order chi connectivity index (χ1) is 19.9. The average molecular weight is 621 g/mol. The van der Waals surface area contributed by atoms with Crippen LogP contribution in [0.15, 0.2) is 42.6 Å². The average Bonchev–Trinajstić information content (AvgIpc) is 3.68. The van der Waals surface area contributed by atoms with Crippen molar-refractivity contribution in [1.82, 2.24) is 19.2 Å². The van der Waals surface area contributed by atoms with Crippen LogP contribution in [0.1, 0.15) is 62.9 Å². The summed E-state index contributed by atoms with van der Waals surface area (Å²) < 4.78 is 57.1. The lowest BCUT2D eigenvalue weighted by molar-refractivity contribution is -0.134. The lowest BCUT2D eigenvalue weighted by Gasteiger charge is -2.27. The number of hydrogen-bond donors (Lipinski definition) is 0. The standard InChI is InChI=1S/C29H34F2N4O5S2/c1-19-26(23(36)18-42(38,39)34(2)3)33-25(41-19)17-35(14-6-8-20-7-5-9-21(15-20)27(30)31)28(37)29(12-13-29)24-11-10-22(40-4)16-32-24/h5,7,9-11,15-16,27H,6,8,12-14,17-18H2,1-4H3. The van der Waals surface area contributed by atoms with Crippen molar-refractivity contribution < 1.29 is 31.5 Å². The van der Waals surface area contributed by atoms with Gasteiger partial charge in [0.2, 0.25) is 15.9 Å². The number of thiazole rings is 1. The highest BCUT2D eigenvalue weighted by atomic mass is 32.2. The van der Waals surface area contributed by atoms with Crippen LogP contribution in [-0.2, 0) is 33.2 Å². The zero-order chi connectivity index (χ0) is 30.7. The van der Waals surface area contributed by atoms with Crippen molar-refractivity contribution in [2.75, 3.05) is 33.5 Å². The molecule has 0 atom stereocenters. The van der Waals surface area contributed by atoms with Gasteiger partial charge in [-0.25, -0.2) is 26.5 Å². The molecule has 13 heteroatoms. The molecule has 1 aromatic carbocycles. The van der Waals surface area contributed by atoms with Crippen molar-refractivity contribution in [2.24, 2.45) is 0 Å². The van der Waals surface area contributed by atoms with E-state index in [1.807, 2.05) is 0 Å². The molecule has 2 heterocycles. The van der Waals surface area contributed by atoms with Gasteiger partial charge in [-0.2, -0.15) is 0 Å². The SMILES string of the molecule is COc1ccc(C2(C(=O)N(CCCc3cccc(C(F)F)c3)Cc3nc(C(=O)CS(=O)(=O)N(C)C)c(C)s3)CC2)nc1. The fraction of sp³-hybridized carbons (Fsp3) is 0.448. The van der Waals surface area contributed by atoms with Crippen LogP contribution in [0.5, 0.6) is 5.75 Å². The van der Waals surface area contributed by atoms with E-state index in [-0.39, 0.29) is 23.7 Å². The quantitative estimate of drug-likeness (QED) is 0.243. The molecule has 0 unspecified atom stereocenters. The number of amides is 1. The number of pyridine rings is 1. The van der Waals surface area contributed by atoms with E-state index in [1.54, 1.807) is 49.4 Å². The number of halogens is 2. The maximum absolute atomic E-state index is 14.0. The minimum Gasteiger partial charge on any atom is -0.495 e. The second-order valence-electron chi connectivity index (χ2n) is 10.5. The summed E-state index contributed by atoms with van der Waals surface area (Å²) in [5.74, 6) is -0.855. The molecule has 1 aliphatic rings. The smallest absolute Gasteiger partial charge is 0.263 e. The van der Waals surface area contributed by atoms with Crippen LogP contribution in [0.4, 0.5) is 8.78 Å². The molecular weight excluding hydrogens is 586 g/mol. The van der Waals surface area contributed by atoms with Crippen molar-refractivity contribution in [2.45, 2.75) is 51.0 Å². The highest BCUT2D eigenvalue weighted by Gasteiger charge is 2.54. The van der Waals surface area contributed by atoms with Gasteiger partial charge < -0.3 is 9.64 Å². The first-order valence-corrected chi connectivity index (χ1v) is 15.9. The van der Waals surface area contributed by atoms with E-state index < -0.39 is 33.4 Å². The summed E-state index contributed by atoms with van der Waals surface area (Å²) in [7, 11) is 0.501. The predicted molar refractivity (Wildman–Crippen MR) is 155 cm³/mol. The summed E-state index contributed by atoms with van der Waals surface area (Å²) in [4.78, 5) is 38.0. The molecule has 0 radical (unpaired) electrons. The van der Waals surface area contributed by atoms with Gasteiger partial charge in [0.05, 0.1) is 31.0 Å². The monoisotopic (exact) mass is 620 g/mol. The number of ketones is 1. The largest absolute Gasteiger partial charge is 0.495 e.